The molecular weight excluding hydrogens is 426 g/mol. The number of piperidine rings is 1. The van der Waals surface area contributed by atoms with Gasteiger partial charge in [-0.1, -0.05) is 24.3 Å². The highest BCUT2D eigenvalue weighted by Gasteiger charge is 2.37. The lowest BCUT2D eigenvalue weighted by Crippen LogP contribution is -2.49. The maximum absolute atomic E-state index is 13.0. The Labute approximate surface area is 191 Å². The fraction of sp³-hybridized carbons (Fsp3) is 0.375. The number of carbonyl (C=O) groups excluding carboxylic acids is 3. The molecular formula is C24H27N3O4S. The third kappa shape index (κ3) is 5.07. The van der Waals surface area contributed by atoms with Gasteiger partial charge >= 0.3 is 0 Å². The fourth-order valence-electron chi connectivity index (χ4n) is 3.95. The molecule has 0 unspecified atom stereocenters. The summed E-state index contributed by atoms with van der Waals surface area (Å²) in [7, 11) is 0. The monoisotopic (exact) mass is 453 g/mol. The molecule has 7 nitrogen and oxygen atoms in total. The highest BCUT2D eigenvalue weighted by molar-refractivity contribution is 8.01. The van der Waals surface area contributed by atoms with Gasteiger partial charge in [-0.05, 0) is 49.6 Å². The smallest absolute Gasteiger partial charge is 0.247 e. The Bertz CT molecular complexity index is 987. The van der Waals surface area contributed by atoms with Crippen molar-refractivity contribution in [3.05, 3.63) is 54.1 Å². The number of hydrogen-bond acceptors (Lipinski definition) is 5. The van der Waals surface area contributed by atoms with Gasteiger partial charge in [0.2, 0.25) is 17.7 Å². The summed E-state index contributed by atoms with van der Waals surface area (Å²) in [6.45, 7) is 3.98. The van der Waals surface area contributed by atoms with Crippen molar-refractivity contribution in [3.63, 3.8) is 0 Å². The van der Waals surface area contributed by atoms with Gasteiger partial charge in [-0.15, -0.1) is 11.8 Å². The second kappa shape index (κ2) is 10.1. The molecule has 2 aliphatic rings. The maximum Gasteiger partial charge on any atom is 0.247 e. The lowest BCUT2D eigenvalue weighted by atomic mass is 9.95. The first kappa shape index (κ1) is 22.2. The minimum Gasteiger partial charge on any atom is -0.494 e. The summed E-state index contributed by atoms with van der Waals surface area (Å²) < 4.78 is 5.43. The van der Waals surface area contributed by atoms with Crippen molar-refractivity contribution in [2.45, 2.75) is 36.5 Å². The van der Waals surface area contributed by atoms with Crippen LogP contribution in [0.5, 0.6) is 5.75 Å². The van der Waals surface area contributed by atoms with Crippen molar-refractivity contribution < 1.29 is 19.1 Å². The van der Waals surface area contributed by atoms with E-state index in [1.165, 1.54) is 11.8 Å². The van der Waals surface area contributed by atoms with Crippen LogP contribution in [-0.2, 0) is 20.9 Å². The number of thioether (sulfide) groups is 1. The zero-order chi connectivity index (χ0) is 22.5. The number of nitrogens with one attached hydrogen (secondary N) is 2. The second-order valence-corrected chi connectivity index (χ2v) is 9.02. The molecule has 1 atom stereocenters. The first-order chi connectivity index (χ1) is 15.5. The first-order valence-corrected chi connectivity index (χ1v) is 11.8. The van der Waals surface area contributed by atoms with E-state index in [1.54, 1.807) is 4.90 Å². The molecule has 0 aliphatic carbocycles. The molecule has 8 heteroatoms. The van der Waals surface area contributed by atoms with Crippen molar-refractivity contribution in [1.29, 1.82) is 0 Å². The van der Waals surface area contributed by atoms with Gasteiger partial charge in [0.05, 0.1) is 12.3 Å². The predicted octanol–water partition coefficient (Wildman–Crippen LogP) is 3.05. The summed E-state index contributed by atoms with van der Waals surface area (Å²) in [6, 6.07) is 15.2. The number of likely N-dealkylation sites (tertiary alicyclic amines) is 1. The molecule has 32 heavy (non-hydrogen) atoms. The van der Waals surface area contributed by atoms with E-state index in [2.05, 4.69) is 10.6 Å². The molecule has 2 aromatic carbocycles. The van der Waals surface area contributed by atoms with Crippen molar-refractivity contribution in [2.24, 2.45) is 5.92 Å². The number of para-hydroxylation sites is 1. The Morgan fingerprint density at radius 3 is 2.56 bits per heavy atom. The molecule has 2 N–H and O–H groups in total. The number of hydrogen-bond donors (Lipinski definition) is 2. The van der Waals surface area contributed by atoms with E-state index in [9.17, 15) is 14.4 Å². The van der Waals surface area contributed by atoms with Gasteiger partial charge in [-0.2, -0.15) is 0 Å². The van der Waals surface area contributed by atoms with Crippen LogP contribution in [0.3, 0.4) is 0 Å². The zero-order valence-electron chi connectivity index (χ0n) is 18.0. The Hall–Kier alpha value is -3.00. The van der Waals surface area contributed by atoms with Crippen molar-refractivity contribution in [3.8, 4) is 5.75 Å². The molecule has 4 rings (SSSR count). The number of benzene rings is 2. The maximum atomic E-state index is 13.0. The van der Waals surface area contributed by atoms with Crippen LogP contribution in [0, 0.1) is 5.92 Å². The summed E-state index contributed by atoms with van der Waals surface area (Å²) in [5.41, 5.74) is 1.75. The number of rotatable bonds is 6. The average molecular weight is 454 g/mol. The highest BCUT2D eigenvalue weighted by atomic mass is 32.2. The van der Waals surface area contributed by atoms with Gasteiger partial charge < -0.3 is 20.3 Å². The van der Waals surface area contributed by atoms with Gasteiger partial charge in [0, 0.05) is 30.4 Å². The number of carbonyl (C=O) groups is 3. The minimum absolute atomic E-state index is 0.00435. The molecule has 2 aromatic rings. The van der Waals surface area contributed by atoms with E-state index >= 15 is 0 Å². The summed E-state index contributed by atoms with van der Waals surface area (Å²) >= 11 is 1.29. The van der Waals surface area contributed by atoms with Gasteiger partial charge in [0.15, 0.2) is 5.25 Å². The lowest BCUT2D eigenvalue weighted by Gasteiger charge is -2.34. The van der Waals surface area contributed by atoms with Crippen LogP contribution in [0.2, 0.25) is 0 Å². The van der Waals surface area contributed by atoms with Crippen LogP contribution >= 0.6 is 11.8 Å². The minimum atomic E-state index is -0.782. The lowest BCUT2D eigenvalue weighted by molar-refractivity contribution is -0.137. The Morgan fingerprint density at radius 1 is 1.12 bits per heavy atom. The van der Waals surface area contributed by atoms with E-state index in [0.29, 0.717) is 39.1 Å². The highest BCUT2D eigenvalue weighted by Crippen LogP contribution is 2.36. The molecule has 0 radical (unpaired) electrons. The number of nitrogens with zero attached hydrogens (tertiary/aromatic N) is 1. The normalized spacial score (nSPS) is 18.5. The third-order valence-corrected chi connectivity index (χ3v) is 6.99. The molecule has 0 saturated carbocycles. The van der Waals surface area contributed by atoms with Crippen LogP contribution in [0.4, 0.5) is 5.69 Å². The van der Waals surface area contributed by atoms with E-state index in [4.69, 9.17) is 4.74 Å². The summed E-state index contributed by atoms with van der Waals surface area (Å²) in [6.07, 6.45) is 1.19. The van der Waals surface area contributed by atoms with Crippen molar-refractivity contribution in [2.75, 3.05) is 25.0 Å². The molecule has 168 valence electrons. The number of anilines is 1. The standard InChI is InChI=1S/C24H27N3O4S/c1-2-31-18-9-7-16(8-10-18)15-25-22(28)17-11-13-27(14-12-17)24(30)21-23(29)26-19-5-3-4-6-20(19)32-21/h3-10,17,21H,2,11-15H2,1H3,(H,25,28)(H,26,29)/t21-/m1/s1. The molecule has 1 saturated heterocycles. The van der Waals surface area contributed by atoms with E-state index in [0.717, 1.165) is 21.9 Å². The quantitative estimate of drug-likeness (QED) is 0.657. The number of ether oxygens (including phenoxy) is 1. The molecule has 0 aromatic heterocycles. The summed E-state index contributed by atoms with van der Waals surface area (Å²) in [4.78, 5) is 40.6. The van der Waals surface area contributed by atoms with Crippen molar-refractivity contribution in [1.82, 2.24) is 10.2 Å². The Kier molecular flexibility index (Phi) is 6.99. The third-order valence-electron chi connectivity index (χ3n) is 5.73. The molecule has 0 spiro atoms. The zero-order valence-corrected chi connectivity index (χ0v) is 18.8. The molecule has 3 amide bonds. The van der Waals surface area contributed by atoms with Crippen LogP contribution in [0.15, 0.2) is 53.4 Å². The van der Waals surface area contributed by atoms with E-state index in [-0.39, 0.29) is 23.6 Å². The van der Waals surface area contributed by atoms with Crippen LogP contribution in [0.25, 0.3) is 0 Å². The number of amides is 3. The van der Waals surface area contributed by atoms with Crippen LogP contribution < -0.4 is 15.4 Å². The van der Waals surface area contributed by atoms with Gasteiger partial charge in [-0.3, -0.25) is 14.4 Å². The number of fused-ring (bicyclic) bond motifs is 1. The molecule has 2 aliphatic heterocycles. The predicted molar refractivity (Wildman–Crippen MR) is 123 cm³/mol. The largest absolute Gasteiger partial charge is 0.494 e. The van der Waals surface area contributed by atoms with Crippen molar-refractivity contribution >= 4 is 35.2 Å². The van der Waals surface area contributed by atoms with Crippen LogP contribution in [-0.4, -0.2) is 47.6 Å². The van der Waals surface area contributed by atoms with Gasteiger partial charge in [0.1, 0.15) is 5.75 Å². The summed E-state index contributed by atoms with van der Waals surface area (Å²) in [5.74, 6) is 0.220. The van der Waals surface area contributed by atoms with Crippen LogP contribution in [0.1, 0.15) is 25.3 Å². The molecule has 1 fully saturated rings. The average Bonchev–Trinajstić information content (AvgIpc) is 2.83. The topological polar surface area (TPSA) is 87.7 Å². The fourth-order valence-corrected chi connectivity index (χ4v) is 5.02. The molecule has 0 bridgehead atoms. The van der Waals surface area contributed by atoms with Gasteiger partial charge in [-0.25, -0.2) is 0 Å². The SMILES string of the molecule is CCOc1ccc(CNC(=O)C2CCN(C(=O)[C@@H]3Sc4ccccc4NC3=O)CC2)cc1. The van der Waals surface area contributed by atoms with Gasteiger partial charge in [0.25, 0.3) is 0 Å². The Balaban J connectivity index is 1.26. The van der Waals surface area contributed by atoms with E-state index < -0.39 is 5.25 Å². The van der Waals surface area contributed by atoms with E-state index in [1.807, 2.05) is 55.5 Å². The second-order valence-electron chi connectivity index (χ2n) is 7.88. The Morgan fingerprint density at radius 2 is 1.84 bits per heavy atom. The summed E-state index contributed by atoms with van der Waals surface area (Å²) in [5, 5.41) is 5.03. The first-order valence-electron chi connectivity index (χ1n) is 10.9. The molecule has 2 heterocycles.